The summed E-state index contributed by atoms with van der Waals surface area (Å²) < 4.78 is 12.0. The Kier molecular flexibility index (Phi) is 5.71. The third kappa shape index (κ3) is 2.88. The van der Waals surface area contributed by atoms with E-state index in [1.165, 1.54) is 0 Å². The van der Waals surface area contributed by atoms with Crippen LogP contribution in [0.1, 0.15) is 58.9 Å². The monoisotopic (exact) mass is 490 g/mol. The van der Waals surface area contributed by atoms with E-state index in [-0.39, 0.29) is 23.9 Å². The van der Waals surface area contributed by atoms with Gasteiger partial charge in [0.25, 0.3) is 0 Å². The van der Waals surface area contributed by atoms with Crippen molar-refractivity contribution in [3.05, 3.63) is 47.0 Å². The topological polar surface area (TPSA) is 99.4 Å². The quantitative estimate of drug-likeness (QED) is 0.376. The lowest BCUT2D eigenvalue weighted by Gasteiger charge is -2.70. The lowest BCUT2D eigenvalue weighted by atomic mass is 9.39. The third-order valence-electron chi connectivity index (χ3n) is 10.4. The van der Waals surface area contributed by atoms with Crippen molar-refractivity contribution in [3.63, 3.8) is 0 Å². The summed E-state index contributed by atoms with van der Waals surface area (Å²) in [4.78, 5) is 0. The number of hydrogen-bond acceptors (Lipinski definition) is 6. The van der Waals surface area contributed by atoms with E-state index in [0.717, 1.165) is 5.56 Å². The number of benzene rings is 1. The highest BCUT2D eigenvalue weighted by Crippen LogP contribution is 2.70. The second-order valence-electron chi connectivity index (χ2n) is 12.2. The lowest BCUT2D eigenvalue weighted by molar-refractivity contribution is -0.315. The van der Waals surface area contributed by atoms with Gasteiger partial charge in [0.2, 0.25) is 0 Å². The van der Waals surface area contributed by atoms with E-state index in [1.54, 1.807) is 6.92 Å². The van der Waals surface area contributed by atoms with Crippen LogP contribution in [0.5, 0.6) is 0 Å². The summed E-state index contributed by atoms with van der Waals surface area (Å²) in [6, 6.07) is 9.96. The van der Waals surface area contributed by atoms with Crippen molar-refractivity contribution in [3.8, 4) is 0 Å². The van der Waals surface area contributed by atoms with E-state index < -0.39 is 46.8 Å². The van der Waals surface area contributed by atoms with E-state index >= 15 is 0 Å². The summed E-state index contributed by atoms with van der Waals surface area (Å²) in [5.41, 5.74) is -1.41. The molecule has 1 heterocycles. The highest BCUT2D eigenvalue weighted by molar-refractivity contribution is 7.09. The first kappa shape index (κ1) is 24.8. The van der Waals surface area contributed by atoms with Crippen LogP contribution in [0.15, 0.2) is 41.5 Å². The first-order chi connectivity index (χ1) is 15.9. The van der Waals surface area contributed by atoms with Crippen molar-refractivity contribution in [1.82, 2.24) is 0 Å². The predicted octanol–water partition coefficient (Wildman–Crippen LogP) is 2.95. The van der Waals surface area contributed by atoms with Crippen LogP contribution in [-0.4, -0.2) is 63.2 Å². The van der Waals surface area contributed by atoms with E-state index in [4.69, 9.17) is 9.26 Å². The summed E-state index contributed by atoms with van der Waals surface area (Å²) in [5, 5.41) is 47.7. The maximum Gasteiger partial charge on any atom is 0.102 e. The van der Waals surface area contributed by atoms with Gasteiger partial charge in [0.05, 0.1) is 36.6 Å². The third-order valence-corrected chi connectivity index (χ3v) is 10.7. The van der Waals surface area contributed by atoms with Gasteiger partial charge in [0.1, 0.15) is 6.10 Å². The zero-order valence-corrected chi connectivity index (χ0v) is 21.9. The molecule has 1 aromatic carbocycles. The molecule has 6 nitrogen and oxygen atoms in total. The van der Waals surface area contributed by atoms with E-state index in [9.17, 15) is 20.4 Å². The fourth-order valence-corrected chi connectivity index (χ4v) is 8.80. The summed E-state index contributed by atoms with van der Waals surface area (Å²) in [7, 11) is 2.35. The molecular weight excluding hydrogens is 451 g/mol. The molecule has 3 aliphatic carbocycles. The maximum atomic E-state index is 12.8. The maximum absolute atomic E-state index is 12.8. The Labute approximate surface area is 204 Å². The van der Waals surface area contributed by atoms with Crippen molar-refractivity contribution in [2.24, 2.45) is 22.2 Å². The van der Waals surface area contributed by atoms with Crippen molar-refractivity contribution in [2.45, 2.75) is 89.5 Å². The molecule has 1 aliphatic heterocycles. The smallest absolute Gasteiger partial charge is 0.102 e. The Balaban J connectivity index is 1.88. The van der Waals surface area contributed by atoms with Crippen LogP contribution >= 0.6 is 9.47 Å². The first-order valence-electron chi connectivity index (χ1n) is 12.4. The van der Waals surface area contributed by atoms with Gasteiger partial charge in [-0.05, 0) is 29.6 Å². The molecular formula is C27H39O6P. The first-order valence-corrected chi connectivity index (χ1v) is 12.8. The van der Waals surface area contributed by atoms with Gasteiger partial charge < -0.3 is 29.7 Å². The van der Waals surface area contributed by atoms with Crippen LogP contribution in [-0.2, 0) is 9.26 Å². The van der Waals surface area contributed by atoms with E-state index in [2.05, 4.69) is 16.4 Å². The predicted molar refractivity (Wildman–Crippen MR) is 132 cm³/mol. The molecule has 2 saturated carbocycles. The number of aliphatic hydroxyl groups is 4. The molecule has 34 heavy (non-hydrogen) atoms. The van der Waals surface area contributed by atoms with Gasteiger partial charge in [0, 0.05) is 44.5 Å². The Morgan fingerprint density at radius 2 is 1.71 bits per heavy atom. The van der Waals surface area contributed by atoms with E-state index in [0.29, 0.717) is 24.2 Å². The summed E-state index contributed by atoms with van der Waals surface area (Å²) in [5.74, 6) is -0.727. The molecule has 2 unspecified atom stereocenters. The van der Waals surface area contributed by atoms with Crippen LogP contribution < -0.4 is 0 Å². The number of aliphatic hydroxyl groups excluding tert-OH is 3. The Morgan fingerprint density at radius 1 is 1.06 bits per heavy atom. The van der Waals surface area contributed by atoms with E-state index in [1.807, 2.05) is 51.1 Å². The Bertz CT molecular complexity index is 996. The zero-order chi connectivity index (χ0) is 24.8. The molecule has 2 bridgehead atoms. The summed E-state index contributed by atoms with van der Waals surface area (Å²) in [6.45, 7) is 10.4. The number of hydrogen-bond donors (Lipinski definition) is 4. The standard InChI is InChI=1S/C27H39O6P/c1-14-16(28)12-27(31)20(15-9-7-6-8-10-15)22-25(4)13-32-17(25)11-18(33-34)26(22,5)23(30)21(29)19(14)24(27,2)3/h6-10,16-18,20-23,28-31H,11-13,34H2,1-5H3/t16-,17+,18-,20-,21+,22?,23-,25+,26+,27+/m0/s1. The summed E-state index contributed by atoms with van der Waals surface area (Å²) in [6.07, 6.45) is -3.06. The second-order valence-corrected chi connectivity index (χ2v) is 12.4. The molecule has 188 valence electrons. The molecule has 1 aromatic rings. The number of ether oxygens (including phenoxy) is 1. The molecule has 4 aliphatic rings. The minimum Gasteiger partial charge on any atom is -0.389 e. The second kappa shape index (κ2) is 7.82. The van der Waals surface area contributed by atoms with Gasteiger partial charge in [-0.15, -0.1) is 0 Å². The minimum absolute atomic E-state index is 0.0805. The molecule has 3 fully saturated rings. The van der Waals surface area contributed by atoms with Gasteiger partial charge in [0.15, 0.2) is 0 Å². The molecule has 0 radical (unpaired) electrons. The largest absolute Gasteiger partial charge is 0.389 e. The Hall–Kier alpha value is -0.850. The minimum atomic E-state index is -1.39. The zero-order valence-electron chi connectivity index (χ0n) is 20.7. The van der Waals surface area contributed by atoms with Gasteiger partial charge >= 0.3 is 0 Å². The van der Waals surface area contributed by atoms with Crippen molar-refractivity contribution in [1.29, 1.82) is 0 Å². The lowest BCUT2D eigenvalue weighted by Crippen LogP contribution is -2.75. The number of fused-ring (bicyclic) bond motifs is 5. The van der Waals surface area contributed by atoms with Gasteiger partial charge in [-0.3, -0.25) is 0 Å². The average molecular weight is 491 g/mol. The average Bonchev–Trinajstić information content (AvgIpc) is 2.78. The van der Waals surface area contributed by atoms with Crippen LogP contribution in [0.3, 0.4) is 0 Å². The van der Waals surface area contributed by atoms with Crippen molar-refractivity contribution < 1.29 is 29.7 Å². The highest BCUT2D eigenvalue weighted by atomic mass is 31.0. The highest BCUT2D eigenvalue weighted by Gasteiger charge is 2.73. The SMILES string of the molecule is CC1=C2[C@@H](O)[C@H](O)[C@@]3(C)C([C@H](c4ccccc4)[C@](O)(C[C@@H]1O)C2(C)C)[C@]1(C)CO[C@@H]1C[C@@H]3OP. The van der Waals surface area contributed by atoms with Crippen LogP contribution in [0, 0.1) is 22.2 Å². The van der Waals surface area contributed by atoms with Crippen LogP contribution in [0.25, 0.3) is 0 Å². The fraction of sp³-hybridized carbons (Fsp3) is 0.704. The molecule has 7 heteroatoms. The van der Waals surface area contributed by atoms with Gasteiger partial charge in [-0.2, -0.15) is 0 Å². The molecule has 11 atom stereocenters. The Morgan fingerprint density at radius 3 is 2.26 bits per heavy atom. The normalized spacial score (nSPS) is 49.9. The summed E-state index contributed by atoms with van der Waals surface area (Å²) >= 11 is 0. The van der Waals surface area contributed by atoms with Crippen molar-refractivity contribution in [2.75, 3.05) is 6.61 Å². The van der Waals surface area contributed by atoms with Crippen LogP contribution in [0.4, 0.5) is 0 Å². The van der Waals surface area contributed by atoms with Gasteiger partial charge in [-0.25, -0.2) is 0 Å². The molecule has 4 N–H and O–H groups in total. The molecule has 1 saturated heterocycles. The van der Waals surface area contributed by atoms with Gasteiger partial charge in [-0.1, -0.05) is 58.0 Å². The molecule has 0 amide bonds. The molecule has 0 spiro atoms. The number of rotatable bonds is 2. The van der Waals surface area contributed by atoms with Crippen molar-refractivity contribution >= 4 is 9.47 Å². The molecule has 5 rings (SSSR count). The van der Waals surface area contributed by atoms with Crippen LogP contribution in [0.2, 0.25) is 0 Å². The molecule has 0 aromatic heterocycles. The fourth-order valence-electron chi connectivity index (χ4n) is 8.40.